The third-order valence-electron chi connectivity index (χ3n) is 7.14. The number of carbonyl (C=O) groups excluding carboxylic acids is 2. The fourth-order valence-corrected chi connectivity index (χ4v) is 5.72. The predicted octanol–water partition coefficient (Wildman–Crippen LogP) is 7.67. The number of carbonyl (C=O) groups is 2. The summed E-state index contributed by atoms with van der Waals surface area (Å²) >= 11 is 19.0. The highest BCUT2D eigenvalue weighted by Crippen LogP contribution is 2.26. The van der Waals surface area contributed by atoms with Crippen LogP contribution in [0.15, 0.2) is 72.8 Å². The number of nitrogens with zero attached hydrogens (tertiary/aromatic N) is 1. The molecular weight excluding hydrogens is 539 g/mol. The SMILES string of the molecule is O=C(NC1CCCCC1)[C@H](Cc1ccccc1)N(Cc1ccc(Cl)cc1Cl)C(=O)CCc1ccccc1Cl. The van der Waals surface area contributed by atoms with E-state index in [0.29, 0.717) is 27.9 Å². The van der Waals surface area contributed by atoms with Gasteiger partial charge in [0.15, 0.2) is 0 Å². The van der Waals surface area contributed by atoms with E-state index in [-0.39, 0.29) is 30.8 Å². The van der Waals surface area contributed by atoms with Crippen LogP contribution in [0, 0.1) is 0 Å². The zero-order valence-corrected chi connectivity index (χ0v) is 23.6. The summed E-state index contributed by atoms with van der Waals surface area (Å²) in [5.74, 6) is -0.257. The minimum Gasteiger partial charge on any atom is -0.352 e. The number of hydrogen-bond acceptors (Lipinski definition) is 2. The molecule has 0 spiro atoms. The Bertz CT molecular complexity index is 1230. The first kappa shape index (κ1) is 28.5. The van der Waals surface area contributed by atoms with Crippen LogP contribution >= 0.6 is 34.8 Å². The summed E-state index contributed by atoms with van der Waals surface area (Å²) in [6, 6.07) is 22.0. The van der Waals surface area contributed by atoms with Gasteiger partial charge in [-0.3, -0.25) is 9.59 Å². The van der Waals surface area contributed by atoms with E-state index in [1.54, 1.807) is 17.0 Å². The fraction of sp³-hybridized carbons (Fsp3) is 0.355. The molecule has 1 saturated carbocycles. The number of hydrogen-bond donors (Lipinski definition) is 1. The molecule has 1 aliphatic carbocycles. The largest absolute Gasteiger partial charge is 0.352 e. The van der Waals surface area contributed by atoms with Crippen molar-refractivity contribution in [2.24, 2.45) is 0 Å². The van der Waals surface area contributed by atoms with Crippen LogP contribution in [0.25, 0.3) is 0 Å². The molecule has 1 fully saturated rings. The van der Waals surface area contributed by atoms with Gasteiger partial charge in [-0.15, -0.1) is 0 Å². The summed E-state index contributed by atoms with van der Waals surface area (Å²) in [6.07, 6.45) is 6.44. The predicted molar refractivity (Wildman–Crippen MR) is 156 cm³/mol. The van der Waals surface area contributed by atoms with Gasteiger partial charge in [0, 0.05) is 40.5 Å². The maximum atomic E-state index is 13.9. The van der Waals surface area contributed by atoms with Gasteiger partial charge in [0.1, 0.15) is 6.04 Å². The molecule has 7 heteroatoms. The van der Waals surface area contributed by atoms with Crippen LogP contribution in [0.4, 0.5) is 0 Å². The zero-order chi connectivity index (χ0) is 26.9. The smallest absolute Gasteiger partial charge is 0.243 e. The van der Waals surface area contributed by atoms with Crippen LogP contribution in [-0.2, 0) is 29.0 Å². The van der Waals surface area contributed by atoms with Crippen LogP contribution < -0.4 is 5.32 Å². The number of amides is 2. The van der Waals surface area contributed by atoms with E-state index in [1.807, 2.05) is 60.7 Å². The Kier molecular flexibility index (Phi) is 10.5. The van der Waals surface area contributed by atoms with Crippen LogP contribution in [0.5, 0.6) is 0 Å². The summed E-state index contributed by atoms with van der Waals surface area (Å²) < 4.78 is 0. The molecule has 38 heavy (non-hydrogen) atoms. The lowest BCUT2D eigenvalue weighted by molar-refractivity contribution is -0.141. The van der Waals surface area contributed by atoms with Crippen molar-refractivity contribution >= 4 is 46.6 Å². The Morgan fingerprint density at radius 1 is 0.842 bits per heavy atom. The second-order valence-electron chi connectivity index (χ2n) is 9.90. The highest BCUT2D eigenvalue weighted by molar-refractivity contribution is 6.35. The molecule has 4 rings (SSSR count). The van der Waals surface area contributed by atoms with Crippen molar-refractivity contribution in [3.05, 3.63) is 105 Å². The lowest BCUT2D eigenvalue weighted by Crippen LogP contribution is -2.53. The highest BCUT2D eigenvalue weighted by atomic mass is 35.5. The summed E-state index contributed by atoms with van der Waals surface area (Å²) in [4.78, 5) is 29.4. The molecule has 0 aliphatic heterocycles. The van der Waals surface area contributed by atoms with Gasteiger partial charge in [-0.05, 0) is 54.2 Å². The van der Waals surface area contributed by atoms with E-state index in [2.05, 4.69) is 5.32 Å². The number of benzene rings is 3. The van der Waals surface area contributed by atoms with Gasteiger partial charge in [-0.2, -0.15) is 0 Å². The maximum absolute atomic E-state index is 13.9. The molecule has 200 valence electrons. The van der Waals surface area contributed by atoms with Crippen LogP contribution in [-0.4, -0.2) is 28.8 Å². The van der Waals surface area contributed by atoms with Crippen molar-refractivity contribution in [1.29, 1.82) is 0 Å². The Hall–Kier alpha value is -2.53. The molecule has 3 aromatic rings. The third-order valence-corrected chi connectivity index (χ3v) is 8.10. The van der Waals surface area contributed by atoms with E-state index < -0.39 is 6.04 Å². The summed E-state index contributed by atoms with van der Waals surface area (Å²) in [6.45, 7) is 0.201. The first-order valence-electron chi connectivity index (χ1n) is 13.2. The number of halogens is 3. The molecular formula is C31H33Cl3N2O2. The molecule has 0 saturated heterocycles. The average molecular weight is 572 g/mol. The summed E-state index contributed by atoms with van der Waals surface area (Å²) in [5.41, 5.74) is 2.63. The van der Waals surface area contributed by atoms with Crippen LogP contribution in [0.3, 0.4) is 0 Å². The van der Waals surface area contributed by atoms with Crippen molar-refractivity contribution in [2.45, 2.75) is 70.0 Å². The molecule has 0 aromatic heterocycles. The lowest BCUT2D eigenvalue weighted by Gasteiger charge is -2.34. The minimum absolute atomic E-state index is 0.128. The van der Waals surface area contributed by atoms with Gasteiger partial charge < -0.3 is 10.2 Å². The average Bonchev–Trinajstić information content (AvgIpc) is 2.92. The Balaban J connectivity index is 1.64. The van der Waals surface area contributed by atoms with E-state index >= 15 is 0 Å². The Morgan fingerprint density at radius 2 is 1.55 bits per heavy atom. The van der Waals surface area contributed by atoms with E-state index in [1.165, 1.54) is 6.42 Å². The molecule has 4 nitrogen and oxygen atoms in total. The molecule has 0 bridgehead atoms. The lowest BCUT2D eigenvalue weighted by atomic mass is 9.94. The molecule has 2 amide bonds. The Labute approximate surface area is 240 Å². The topological polar surface area (TPSA) is 49.4 Å². The summed E-state index contributed by atoms with van der Waals surface area (Å²) in [7, 11) is 0. The van der Waals surface area contributed by atoms with E-state index in [4.69, 9.17) is 34.8 Å². The highest BCUT2D eigenvalue weighted by Gasteiger charge is 2.32. The molecule has 0 heterocycles. The molecule has 0 unspecified atom stereocenters. The first-order valence-corrected chi connectivity index (χ1v) is 14.3. The van der Waals surface area contributed by atoms with Crippen LogP contribution in [0.1, 0.15) is 55.2 Å². The van der Waals surface area contributed by atoms with Crippen LogP contribution in [0.2, 0.25) is 15.1 Å². The van der Waals surface area contributed by atoms with Crippen molar-refractivity contribution in [1.82, 2.24) is 10.2 Å². The fourth-order valence-electron chi connectivity index (χ4n) is 5.02. The molecule has 0 radical (unpaired) electrons. The second kappa shape index (κ2) is 14.0. The van der Waals surface area contributed by atoms with E-state index in [9.17, 15) is 9.59 Å². The summed E-state index contributed by atoms with van der Waals surface area (Å²) in [5, 5.41) is 4.87. The molecule has 1 aliphatic rings. The van der Waals surface area contributed by atoms with Gasteiger partial charge in [0.2, 0.25) is 11.8 Å². The number of rotatable bonds is 10. The Morgan fingerprint density at radius 3 is 2.26 bits per heavy atom. The monoisotopic (exact) mass is 570 g/mol. The van der Waals surface area contributed by atoms with Crippen molar-refractivity contribution in [3.63, 3.8) is 0 Å². The number of nitrogens with one attached hydrogen (secondary N) is 1. The minimum atomic E-state index is -0.690. The van der Waals surface area contributed by atoms with Crippen molar-refractivity contribution < 1.29 is 9.59 Å². The van der Waals surface area contributed by atoms with Gasteiger partial charge in [-0.1, -0.05) is 109 Å². The molecule has 1 atom stereocenters. The normalized spacial score (nSPS) is 14.6. The number of aryl methyl sites for hydroxylation is 1. The standard InChI is InChI=1S/C31H33Cl3N2O2/c32-25-17-15-24(28(34)20-25)21-36(30(37)18-16-23-11-7-8-14-27(23)33)29(19-22-9-3-1-4-10-22)31(38)35-26-12-5-2-6-13-26/h1,3-4,7-11,14-15,17,20,26,29H,2,5-6,12-13,16,18-19,21H2,(H,35,38)/t29-/m0/s1. The van der Waals surface area contributed by atoms with Gasteiger partial charge in [0.25, 0.3) is 0 Å². The van der Waals surface area contributed by atoms with Crippen molar-refractivity contribution in [2.75, 3.05) is 0 Å². The second-order valence-corrected chi connectivity index (χ2v) is 11.1. The van der Waals surface area contributed by atoms with Gasteiger partial charge in [-0.25, -0.2) is 0 Å². The molecule has 1 N–H and O–H groups in total. The van der Waals surface area contributed by atoms with Gasteiger partial charge >= 0.3 is 0 Å². The zero-order valence-electron chi connectivity index (χ0n) is 21.3. The van der Waals surface area contributed by atoms with Gasteiger partial charge in [0.05, 0.1) is 0 Å². The quantitative estimate of drug-likeness (QED) is 0.271. The third kappa shape index (κ3) is 7.99. The molecule has 3 aromatic carbocycles. The maximum Gasteiger partial charge on any atom is 0.243 e. The first-order chi connectivity index (χ1) is 18.4. The van der Waals surface area contributed by atoms with E-state index in [0.717, 1.165) is 42.4 Å². The van der Waals surface area contributed by atoms with Crippen molar-refractivity contribution in [3.8, 4) is 0 Å².